The van der Waals surface area contributed by atoms with E-state index in [-0.39, 0.29) is 0 Å². The lowest BCUT2D eigenvalue weighted by atomic mass is 9.62. The Morgan fingerprint density at radius 1 is 1.30 bits per heavy atom. The maximum absolute atomic E-state index is 6.05. The Morgan fingerprint density at radius 2 is 2.00 bits per heavy atom. The van der Waals surface area contributed by atoms with Crippen LogP contribution in [0.2, 0.25) is 5.02 Å². The fourth-order valence-corrected chi connectivity index (χ4v) is 3.92. The number of rotatable bonds is 5. The molecule has 1 aliphatic heterocycles. The summed E-state index contributed by atoms with van der Waals surface area (Å²) in [4.78, 5) is 0. The fraction of sp³-hybridized carbons (Fsp3) is 0.667. The van der Waals surface area contributed by atoms with E-state index in [0.717, 1.165) is 24.0 Å². The van der Waals surface area contributed by atoms with Gasteiger partial charge in [0.25, 0.3) is 0 Å². The zero-order valence-corrected chi connectivity index (χ0v) is 13.8. The summed E-state index contributed by atoms with van der Waals surface area (Å²) in [5.41, 5.74) is 1.90. The van der Waals surface area contributed by atoms with Gasteiger partial charge in [0.1, 0.15) is 0 Å². The molecular weight excluding hydrogens is 266 g/mol. The SMILES string of the molecule is CCC(C)CC1(CC)CCNCC1c1ccc(Cl)cc1. The van der Waals surface area contributed by atoms with Crippen LogP contribution in [-0.4, -0.2) is 13.1 Å². The normalized spacial score (nSPS) is 28.3. The van der Waals surface area contributed by atoms with E-state index in [1.807, 2.05) is 12.1 Å². The highest BCUT2D eigenvalue weighted by atomic mass is 35.5. The molecule has 1 aromatic rings. The monoisotopic (exact) mass is 293 g/mol. The van der Waals surface area contributed by atoms with Gasteiger partial charge < -0.3 is 5.32 Å². The second-order valence-electron chi connectivity index (χ2n) is 6.49. The molecule has 1 saturated heterocycles. The summed E-state index contributed by atoms with van der Waals surface area (Å²) >= 11 is 6.05. The molecule has 3 unspecified atom stereocenters. The molecule has 1 nitrogen and oxygen atoms in total. The van der Waals surface area contributed by atoms with Crippen molar-refractivity contribution >= 4 is 11.6 Å². The molecular formula is C18H28ClN. The first-order valence-electron chi connectivity index (χ1n) is 8.07. The van der Waals surface area contributed by atoms with E-state index in [1.54, 1.807) is 0 Å². The Bertz CT molecular complexity index is 414. The Labute approximate surface area is 129 Å². The Balaban J connectivity index is 2.28. The summed E-state index contributed by atoms with van der Waals surface area (Å²) in [7, 11) is 0. The smallest absolute Gasteiger partial charge is 0.0406 e. The molecule has 3 atom stereocenters. The third-order valence-electron chi connectivity index (χ3n) is 5.32. The van der Waals surface area contributed by atoms with Gasteiger partial charge in [-0.05, 0) is 54.8 Å². The van der Waals surface area contributed by atoms with Gasteiger partial charge in [0.15, 0.2) is 0 Å². The number of halogens is 1. The maximum Gasteiger partial charge on any atom is 0.0406 e. The molecule has 0 amide bonds. The fourth-order valence-electron chi connectivity index (χ4n) is 3.79. The minimum Gasteiger partial charge on any atom is -0.316 e. The molecule has 2 heteroatoms. The molecule has 1 aliphatic rings. The number of benzene rings is 1. The van der Waals surface area contributed by atoms with E-state index in [0.29, 0.717) is 11.3 Å². The zero-order valence-electron chi connectivity index (χ0n) is 13.1. The topological polar surface area (TPSA) is 12.0 Å². The van der Waals surface area contributed by atoms with E-state index < -0.39 is 0 Å². The van der Waals surface area contributed by atoms with E-state index in [9.17, 15) is 0 Å². The van der Waals surface area contributed by atoms with E-state index in [4.69, 9.17) is 11.6 Å². The van der Waals surface area contributed by atoms with Crippen molar-refractivity contribution in [3.8, 4) is 0 Å². The molecule has 1 heterocycles. The van der Waals surface area contributed by atoms with Crippen LogP contribution in [0.4, 0.5) is 0 Å². The first-order chi connectivity index (χ1) is 9.61. The largest absolute Gasteiger partial charge is 0.316 e. The summed E-state index contributed by atoms with van der Waals surface area (Å²) in [5.74, 6) is 1.43. The van der Waals surface area contributed by atoms with Crippen molar-refractivity contribution in [2.24, 2.45) is 11.3 Å². The first-order valence-corrected chi connectivity index (χ1v) is 8.45. The predicted octanol–water partition coefficient (Wildman–Crippen LogP) is 5.25. The van der Waals surface area contributed by atoms with Crippen molar-refractivity contribution in [2.45, 2.75) is 52.4 Å². The average Bonchev–Trinajstić information content (AvgIpc) is 2.48. The minimum absolute atomic E-state index is 0.453. The second kappa shape index (κ2) is 6.95. The Kier molecular flexibility index (Phi) is 5.51. The lowest BCUT2D eigenvalue weighted by molar-refractivity contribution is 0.116. The average molecular weight is 294 g/mol. The molecule has 0 radical (unpaired) electrons. The standard InChI is InChI=1S/C18H28ClN/c1-4-14(3)12-18(5-2)10-11-20-13-17(18)15-6-8-16(19)9-7-15/h6-9,14,17,20H,4-5,10-13H2,1-3H3. The third-order valence-corrected chi connectivity index (χ3v) is 5.57. The second-order valence-corrected chi connectivity index (χ2v) is 6.93. The van der Waals surface area contributed by atoms with Gasteiger partial charge in [-0.25, -0.2) is 0 Å². The molecule has 1 N–H and O–H groups in total. The van der Waals surface area contributed by atoms with Gasteiger partial charge in [-0.15, -0.1) is 0 Å². The van der Waals surface area contributed by atoms with Gasteiger partial charge in [-0.3, -0.25) is 0 Å². The molecule has 0 aliphatic carbocycles. The summed E-state index contributed by atoms with van der Waals surface area (Å²) in [5, 5.41) is 4.43. The van der Waals surface area contributed by atoms with Crippen LogP contribution in [0.5, 0.6) is 0 Å². The van der Waals surface area contributed by atoms with Crippen molar-refractivity contribution in [1.29, 1.82) is 0 Å². The van der Waals surface area contributed by atoms with Gasteiger partial charge in [0.05, 0.1) is 0 Å². The van der Waals surface area contributed by atoms with Crippen LogP contribution < -0.4 is 5.32 Å². The molecule has 0 spiro atoms. The van der Waals surface area contributed by atoms with Crippen molar-refractivity contribution < 1.29 is 0 Å². The van der Waals surface area contributed by atoms with Gasteiger partial charge >= 0.3 is 0 Å². The molecule has 112 valence electrons. The summed E-state index contributed by atoms with van der Waals surface area (Å²) < 4.78 is 0. The molecule has 0 aromatic heterocycles. The number of piperidine rings is 1. The third kappa shape index (κ3) is 3.38. The summed E-state index contributed by atoms with van der Waals surface area (Å²) in [6.07, 6.45) is 5.19. The quantitative estimate of drug-likeness (QED) is 0.782. The van der Waals surface area contributed by atoms with Gasteiger partial charge in [-0.2, -0.15) is 0 Å². The summed E-state index contributed by atoms with van der Waals surface area (Å²) in [6.45, 7) is 9.35. The molecule has 1 aromatic carbocycles. The highest BCUT2D eigenvalue weighted by molar-refractivity contribution is 6.30. The highest BCUT2D eigenvalue weighted by Gasteiger charge is 2.40. The molecule has 1 fully saturated rings. The minimum atomic E-state index is 0.453. The van der Waals surface area contributed by atoms with Crippen LogP contribution in [0, 0.1) is 11.3 Å². The van der Waals surface area contributed by atoms with Crippen LogP contribution in [-0.2, 0) is 0 Å². The maximum atomic E-state index is 6.05. The summed E-state index contributed by atoms with van der Waals surface area (Å²) in [6, 6.07) is 8.52. The van der Waals surface area contributed by atoms with Gasteiger partial charge in [-0.1, -0.05) is 50.9 Å². The van der Waals surface area contributed by atoms with Crippen molar-refractivity contribution in [3.05, 3.63) is 34.9 Å². The van der Waals surface area contributed by atoms with Gasteiger partial charge in [0.2, 0.25) is 0 Å². The van der Waals surface area contributed by atoms with E-state index in [2.05, 4.69) is 38.2 Å². The first kappa shape index (κ1) is 15.9. The van der Waals surface area contributed by atoms with Crippen molar-refractivity contribution in [2.75, 3.05) is 13.1 Å². The molecule has 0 saturated carbocycles. The Hall–Kier alpha value is -0.530. The molecule has 20 heavy (non-hydrogen) atoms. The molecule has 0 bridgehead atoms. The predicted molar refractivity (Wildman–Crippen MR) is 88.5 cm³/mol. The highest BCUT2D eigenvalue weighted by Crippen LogP contribution is 2.48. The lowest BCUT2D eigenvalue weighted by Crippen LogP contribution is -2.44. The van der Waals surface area contributed by atoms with Gasteiger partial charge in [0, 0.05) is 17.5 Å². The van der Waals surface area contributed by atoms with Crippen molar-refractivity contribution in [1.82, 2.24) is 5.32 Å². The van der Waals surface area contributed by atoms with E-state index in [1.165, 1.54) is 31.2 Å². The molecule has 2 rings (SSSR count). The number of hydrogen-bond acceptors (Lipinski definition) is 1. The van der Waals surface area contributed by atoms with Crippen LogP contribution in [0.1, 0.15) is 57.9 Å². The number of hydrogen-bond donors (Lipinski definition) is 1. The zero-order chi connectivity index (χ0) is 14.6. The van der Waals surface area contributed by atoms with E-state index >= 15 is 0 Å². The van der Waals surface area contributed by atoms with Crippen LogP contribution in [0.3, 0.4) is 0 Å². The van der Waals surface area contributed by atoms with Crippen LogP contribution >= 0.6 is 11.6 Å². The Morgan fingerprint density at radius 3 is 2.60 bits per heavy atom. The lowest BCUT2D eigenvalue weighted by Gasteiger charge is -2.46. The van der Waals surface area contributed by atoms with Crippen LogP contribution in [0.15, 0.2) is 24.3 Å². The number of nitrogens with one attached hydrogen (secondary N) is 1. The van der Waals surface area contributed by atoms with Crippen molar-refractivity contribution in [3.63, 3.8) is 0 Å². The van der Waals surface area contributed by atoms with Crippen LogP contribution in [0.25, 0.3) is 0 Å².